The summed E-state index contributed by atoms with van der Waals surface area (Å²) in [6.45, 7) is -0.127. The number of alkyl halides is 3. The molecule has 0 aliphatic rings. The van der Waals surface area contributed by atoms with Crippen LogP contribution < -0.4 is 10.0 Å². The van der Waals surface area contributed by atoms with E-state index in [0.29, 0.717) is 16.7 Å². The van der Waals surface area contributed by atoms with Crippen LogP contribution in [0.2, 0.25) is 10.0 Å². The molecule has 0 unspecified atom stereocenters. The number of halogens is 5. The minimum absolute atomic E-state index is 0.164. The van der Waals surface area contributed by atoms with E-state index in [1.54, 1.807) is 24.3 Å². The van der Waals surface area contributed by atoms with Crippen LogP contribution in [0.15, 0.2) is 47.4 Å². The molecule has 152 valence electrons. The van der Waals surface area contributed by atoms with Crippen molar-refractivity contribution < 1.29 is 26.4 Å². The molecule has 2 aromatic carbocycles. The molecule has 2 rings (SSSR count). The van der Waals surface area contributed by atoms with E-state index in [1.165, 1.54) is 0 Å². The summed E-state index contributed by atoms with van der Waals surface area (Å²) >= 11 is 11.4. The van der Waals surface area contributed by atoms with E-state index >= 15 is 0 Å². The third-order valence-corrected chi connectivity index (χ3v) is 5.79. The first-order chi connectivity index (χ1) is 13.0. The highest BCUT2D eigenvalue weighted by Crippen LogP contribution is 2.35. The molecule has 1 amide bonds. The quantitative estimate of drug-likeness (QED) is 0.663. The van der Waals surface area contributed by atoms with Gasteiger partial charge in [0, 0.05) is 24.5 Å². The van der Waals surface area contributed by atoms with E-state index in [-0.39, 0.29) is 19.5 Å². The lowest BCUT2D eigenvalue weighted by Crippen LogP contribution is -2.30. The Balaban J connectivity index is 1.93. The highest BCUT2D eigenvalue weighted by Gasteiger charge is 2.34. The normalized spacial score (nSPS) is 12.0. The minimum atomic E-state index is -4.79. The molecule has 0 saturated heterocycles. The molecule has 0 aliphatic carbocycles. The van der Waals surface area contributed by atoms with Gasteiger partial charge in [0.1, 0.15) is 0 Å². The Morgan fingerprint density at radius 3 is 2.36 bits per heavy atom. The first kappa shape index (κ1) is 22.5. The van der Waals surface area contributed by atoms with Crippen LogP contribution in [0.1, 0.15) is 17.5 Å². The van der Waals surface area contributed by atoms with E-state index < -0.39 is 37.6 Å². The molecule has 2 aromatic rings. The van der Waals surface area contributed by atoms with E-state index in [0.717, 1.165) is 12.1 Å². The van der Waals surface area contributed by atoms with Gasteiger partial charge in [0.2, 0.25) is 15.9 Å². The van der Waals surface area contributed by atoms with Gasteiger partial charge in [-0.2, -0.15) is 13.2 Å². The summed E-state index contributed by atoms with van der Waals surface area (Å²) in [4.78, 5) is 11.2. The van der Waals surface area contributed by atoms with E-state index in [1.807, 2.05) is 0 Å². The smallest absolute Gasteiger partial charge is 0.352 e. The molecule has 2 N–H and O–H groups in total. The number of hydrogen-bond acceptors (Lipinski definition) is 3. The fraction of sp³-hybridized carbons (Fsp3) is 0.235. The molecule has 0 fully saturated rings. The van der Waals surface area contributed by atoms with Crippen molar-refractivity contribution in [2.24, 2.45) is 0 Å². The summed E-state index contributed by atoms with van der Waals surface area (Å²) in [6.07, 6.45) is -5.00. The van der Waals surface area contributed by atoms with Gasteiger partial charge in [-0.15, -0.1) is 0 Å². The van der Waals surface area contributed by atoms with Gasteiger partial charge in [0.15, 0.2) is 0 Å². The zero-order valence-corrected chi connectivity index (χ0v) is 16.5. The van der Waals surface area contributed by atoms with Crippen molar-refractivity contribution in [3.8, 4) is 0 Å². The number of nitrogens with one attached hydrogen (secondary N) is 2. The lowest BCUT2D eigenvalue weighted by molar-refractivity contribution is -0.137. The number of carbonyl (C=O) groups is 1. The second kappa shape index (κ2) is 9.13. The maximum atomic E-state index is 12.9. The lowest BCUT2D eigenvalue weighted by atomic mass is 10.2. The molecular formula is C17H15Cl2F3N2O3S. The van der Waals surface area contributed by atoms with Crippen LogP contribution in [0.5, 0.6) is 0 Å². The topological polar surface area (TPSA) is 75.3 Å². The Hall–Kier alpha value is -1.81. The van der Waals surface area contributed by atoms with Crippen molar-refractivity contribution in [3.05, 3.63) is 63.6 Å². The Labute approximate surface area is 169 Å². The summed E-state index contributed by atoms with van der Waals surface area (Å²) in [6, 6.07) is 9.14. The molecule has 0 atom stereocenters. The molecule has 0 spiro atoms. The first-order valence-electron chi connectivity index (χ1n) is 7.87. The first-order valence-corrected chi connectivity index (χ1v) is 10.1. The molecule has 0 heterocycles. The standard InChI is InChI=1S/C17H15Cl2F3N2O3S/c18-14-4-2-1-3-11(14)10-23-16(25)7-8-24-28(26,27)12-5-6-15(19)13(9-12)17(20,21)22/h1-6,9,24H,7-8,10H2,(H,23,25). The molecule has 0 radical (unpaired) electrons. The van der Waals surface area contributed by atoms with Crippen LogP contribution in [-0.4, -0.2) is 20.9 Å². The van der Waals surface area contributed by atoms with Gasteiger partial charge in [0.25, 0.3) is 0 Å². The predicted octanol–water partition coefficient (Wildman–Crippen LogP) is 4.00. The molecule has 0 bridgehead atoms. The average molecular weight is 455 g/mol. The SMILES string of the molecule is O=C(CCNS(=O)(=O)c1ccc(Cl)c(C(F)(F)F)c1)NCc1ccccc1Cl. The van der Waals surface area contributed by atoms with Gasteiger partial charge in [-0.1, -0.05) is 41.4 Å². The second-order valence-corrected chi connectivity index (χ2v) is 8.24. The van der Waals surface area contributed by atoms with Gasteiger partial charge in [-0.3, -0.25) is 4.79 Å². The molecule has 0 aliphatic heterocycles. The van der Waals surface area contributed by atoms with Crippen LogP contribution in [0.25, 0.3) is 0 Å². The molecule has 0 saturated carbocycles. The number of benzene rings is 2. The number of rotatable bonds is 7. The molecule has 11 heteroatoms. The number of carbonyl (C=O) groups excluding carboxylic acids is 1. The minimum Gasteiger partial charge on any atom is -0.352 e. The molecule has 28 heavy (non-hydrogen) atoms. The molecule has 0 aromatic heterocycles. The van der Waals surface area contributed by atoms with Crippen molar-refractivity contribution in [2.45, 2.75) is 24.0 Å². The van der Waals surface area contributed by atoms with E-state index in [9.17, 15) is 26.4 Å². The molecule has 5 nitrogen and oxygen atoms in total. The maximum Gasteiger partial charge on any atom is 0.417 e. The van der Waals surface area contributed by atoms with Gasteiger partial charge in [-0.05, 0) is 29.8 Å². The van der Waals surface area contributed by atoms with Gasteiger partial charge < -0.3 is 5.32 Å². The van der Waals surface area contributed by atoms with Crippen LogP contribution in [0.4, 0.5) is 13.2 Å². The van der Waals surface area contributed by atoms with Crippen LogP contribution in [0, 0.1) is 0 Å². The van der Waals surface area contributed by atoms with Crippen molar-refractivity contribution in [1.29, 1.82) is 0 Å². The summed E-state index contributed by atoms with van der Waals surface area (Å²) in [7, 11) is -4.24. The summed E-state index contributed by atoms with van der Waals surface area (Å²) < 4.78 is 65.0. The average Bonchev–Trinajstić information content (AvgIpc) is 2.60. The second-order valence-electron chi connectivity index (χ2n) is 5.66. The predicted molar refractivity (Wildman–Crippen MR) is 99.6 cm³/mol. The fourth-order valence-electron chi connectivity index (χ4n) is 2.19. The highest BCUT2D eigenvalue weighted by atomic mass is 35.5. The van der Waals surface area contributed by atoms with E-state index in [2.05, 4.69) is 10.0 Å². The lowest BCUT2D eigenvalue weighted by Gasteiger charge is -2.12. The summed E-state index contributed by atoms with van der Waals surface area (Å²) in [5.74, 6) is -0.449. The summed E-state index contributed by atoms with van der Waals surface area (Å²) in [5, 5.41) is 2.45. The van der Waals surface area contributed by atoms with Crippen LogP contribution >= 0.6 is 23.2 Å². The largest absolute Gasteiger partial charge is 0.417 e. The third-order valence-electron chi connectivity index (χ3n) is 3.63. The fourth-order valence-corrected chi connectivity index (χ4v) is 3.68. The van der Waals surface area contributed by atoms with Crippen LogP contribution in [0.3, 0.4) is 0 Å². The number of hydrogen-bond donors (Lipinski definition) is 2. The Morgan fingerprint density at radius 2 is 1.71 bits per heavy atom. The maximum absolute atomic E-state index is 12.9. The van der Waals surface area contributed by atoms with Gasteiger partial charge in [0.05, 0.1) is 15.5 Å². The van der Waals surface area contributed by atoms with Gasteiger partial charge in [-0.25, -0.2) is 13.1 Å². The molecular weight excluding hydrogens is 440 g/mol. The zero-order chi connectivity index (χ0) is 20.9. The van der Waals surface area contributed by atoms with Crippen molar-refractivity contribution in [3.63, 3.8) is 0 Å². The van der Waals surface area contributed by atoms with Crippen molar-refractivity contribution >= 4 is 39.1 Å². The Bertz CT molecular complexity index is 966. The Morgan fingerprint density at radius 1 is 1.04 bits per heavy atom. The zero-order valence-electron chi connectivity index (χ0n) is 14.2. The van der Waals surface area contributed by atoms with Crippen LogP contribution in [-0.2, 0) is 27.5 Å². The highest BCUT2D eigenvalue weighted by molar-refractivity contribution is 7.89. The van der Waals surface area contributed by atoms with E-state index in [4.69, 9.17) is 23.2 Å². The van der Waals surface area contributed by atoms with Crippen molar-refractivity contribution in [2.75, 3.05) is 6.54 Å². The van der Waals surface area contributed by atoms with Crippen molar-refractivity contribution in [1.82, 2.24) is 10.0 Å². The monoisotopic (exact) mass is 454 g/mol. The third kappa shape index (κ3) is 6.10. The van der Waals surface area contributed by atoms with Gasteiger partial charge >= 0.3 is 6.18 Å². The number of amides is 1. The Kier molecular flexibility index (Phi) is 7.33. The summed E-state index contributed by atoms with van der Waals surface area (Å²) in [5.41, 5.74) is -0.562. The number of sulfonamides is 1.